The van der Waals surface area contributed by atoms with Crippen LogP contribution < -0.4 is 5.32 Å². The lowest BCUT2D eigenvalue weighted by Gasteiger charge is -2.40. The van der Waals surface area contributed by atoms with Gasteiger partial charge in [-0.2, -0.15) is 0 Å². The van der Waals surface area contributed by atoms with Gasteiger partial charge in [-0.25, -0.2) is 0 Å². The standard InChI is InChI=1S/C54H99NO10/c1-3-5-7-9-11-13-14-15-16-19-22-26-30-34-38-42-50(59)63-43-39-35-31-27-23-20-17-18-21-25-29-33-37-41-49(58)55-46(47(57)40-36-32-28-24-12-10-8-6-4-2)45-64-54-53(62)52(61)51(60)48(44-56)65-54/h15-16,18,21,36,40,46-48,51-54,56-57,60-62H,3-14,17,19-20,22-35,37-39,41-45H2,1-2H3,(H,55,58)/b16-15-,21-18-,40-36+. The molecule has 11 heteroatoms. The van der Waals surface area contributed by atoms with Gasteiger partial charge in [-0.3, -0.25) is 9.59 Å². The van der Waals surface area contributed by atoms with Gasteiger partial charge in [0.1, 0.15) is 24.4 Å². The van der Waals surface area contributed by atoms with E-state index in [0.717, 1.165) is 70.6 Å². The molecule has 1 rings (SSSR count). The highest BCUT2D eigenvalue weighted by molar-refractivity contribution is 5.76. The van der Waals surface area contributed by atoms with Crippen LogP contribution in [0, 0.1) is 0 Å². The van der Waals surface area contributed by atoms with Crippen LogP contribution in [0.15, 0.2) is 36.5 Å². The maximum absolute atomic E-state index is 12.9. The zero-order chi connectivity index (χ0) is 47.4. The number of carbonyl (C=O) groups excluding carboxylic acids is 2. The third-order valence-electron chi connectivity index (χ3n) is 12.5. The summed E-state index contributed by atoms with van der Waals surface area (Å²) in [5.41, 5.74) is 0. The Morgan fingerprint density at radius 1 is 0.554 bits per heavy atom. The van der Waals surface area contributed by atoms with E-state index in [1.54, 1.807) is 6.08 Å². The summed E-state index contributed by atoms with van der Waals surface area (Å²) < 4.78 is 16.6. The lowest BCUT2D eigenvalue weighted by molar-refractivity contribution is -0.302. The van der Waals surface area contributed by atoms with E-state index in [0.29, 0.717) is 25.9 Å². The van der Waals surface area contributed by atoms with Gasteiger partial charge in [-0.1, -0.05) is 172 Å². The van der Waals surface area contributed by atoms with E-state index >= 15 is 0 Å². The second-order valence-corrected chi connectivity index (χ2v) is 18.6. The van der Waals surface area contributed by atoms with E-state index in [2.05, 4.69) is 43.5 Å². The van der Waals surface area contributed by atoms with Crippen molar-refractivity contribution >= 4 is 11.9 Å². The number of aliphatic hydroxyl groups excluding tert-OH is 5. The van der Waals surface area contributed by atoms with E-state index in [1.807, 2.05) is 6.08 Å². The Labute approximate surface area is 396 Å². The second-order valence-electron chi connectivity index (χ2n) is 18.6. The first-order valence-corrected chi connectivity index (χ1v) is 26.8. The summed E-state index contributed by atoms with van der Waals surface area (Å²) in [4.78, 5) is 25.0. The van der Waals surface area contributed by atoms with Crippen molar-refractivity contribution in [1.82, 2.24) is 5.32 Å². The van der Waals surface area contributed by atoms with Crippen LogP contribution in [0.2, 0.25) is 0 Å². The van der Waals surface area contributed by atoms with E-state index in [9.17, 15) is 35.1 Å². The van der Waals surface area contributed by atoms with E-state index in [-0.39, 0.29) is 18.5 Å². The van der Waals surface area contributed by atoms with Gasteiger partial charge >= 0.3 is 5.97 Å². The number of amides is 1. The van der Waals surface area contributed by atoms with Crippen LogP contribution in [0.5, 0.6) is 0 Å². The molecule has 7 unspecified atom stereocenters. The predicted octanol–water partition coefficient (Wildman–Crippen LogP) is 11.2. The van der Waals surface area contributed by atoms with E-state index < -0.39 is 49.5 Å². The lowest BCUT2D eigenvalue weighted by atomic mass is 9.99. The lowest BCUT2D eigenvalue weighted by Crippen LogP contribution is -2.60. The number of unbranched alkanes of at least 4 members (excludes halogenated alkanes) is 27. The molecule has 0 aromatic rings. The number of ether oxygens (including phenoxy) is 3. The summed E-state index contributed by atoms with van der Waals surface area (Å²) in [5.74, 6) is -0.259. The number of hydrogen-bond acceptors (Lipinski definition) is 10. The first-order chi connectivity index (χ1) is 31.7. The molecule has 1 aliphatic heterocycles. The normalized spacial score (nSPS) is 20.0. The number of esters is 1. The summed E-state index contributed by atoms with van der Waals surface area (Å²) >= 11 is 0. The van der Waals surface area contributed by atoms with Crippen molar-refractivity contribution in [2.75, 3.05) is 19.8 Å². The summed E-state index contributed by atoms with van der Waals surface area (Å²) in [7, 11) is 0. The van der Waals surface area contributed by atoms with Gasteiger partial charge in [0.05, 0.1) is 32.0 Å². The van der Waals surface area contributed by atoms with Gasteiger partial charge in [-0.15, -0.1) is 0 Å². The number of allylic oxidation sites excluding steroid dienone is 5. The average molecular weight is 922 g/mol. The minimum atomic E-state index is -1.58. The zero-order valence-electron chi connectivity index (χ0n) is 41.4. The first-order valence-electron chi connectivity index (χ1n) is 26.8. The van der Waals surface area contributed by atoms with Crippen LogP contribution in [0.25, 0.3) is 0 Å². The minimum absolute atomic E-state index is 0.0436. The van der Waals surface area contributed by atoms with Gasteiger partial charge in [0.25, 0.3) is 0 Å². The molecule has 0 aromatic carbocycles. The molecule has 0 spiro atoms. The van der Waals surface area contributed by atoms with Crippen LogP contribution in [-0.2, 0) is 23.8 Å². The molecule has 65 heavy (non-hydrogen) atoms. The average Bonchev–Trinajstić information content (AvgIpc) is 3.30. The molecular weight excluding hydrogens is 823 g/mol. The Hall–Kier alpha value is -2.12. The van der Waals surface area contributed by atoms with Gasteiger partial charge < -0.3 is 45.1 Å². The molecule has 1 saturated heterocycles. The van der Waals surface area contributed by atoms with E-state index in [1.165, 1.54) is 128 Å². The number of carbonyl (C=O) groups is 2. The molecule has 0 radical (unpaired) electrons. The van der Waals surface area contributed by atoms with Crippen LogP contribution in [0.3, 0.4) is 0 Å². The molecular formula is C54H99NO10. The van der Waals surface area contributed by atoms with Crippen LogP contribution in [0.1, 0.15) is 232 Å². The highest BCUT2D eigenvalue weighted by atomic mass is 16.7. The van der Waals surface area contributed by atoms with E-state index in [4.69, 9.17) is 14.2 Å². The fraction of sp³-hybridized carbons (Fsp3) is 0.852. The van der Waals surface area contributed by atoms with Crippen molar-refractivity contribution in [3.63, 3.8) is 0 Å². The molecule has 1 fully saturated rings. The quantitative estimate of drug-likeness (QED) is 0.0196. The Morgan fingerprint density at radius 3 is 1.49 bits per heavy atom. The smallest absolute Gasteiger partial charge is 0.305 e. The van der Waals surface area contributed by atoms with Crippen LogP contribution >= 0.6 is 0 Å². The van der Waals surface area contributed by atoms with Crippen molar-refractivity contribution in [2.45, 2.75) is 275 Å². The molecule has 0 bridgehead atoms. The Bertz CT molecular complexity index is 1180. The summed E-state index contributed by atoms with van der Waals surface area (Å²) in [6.07, 6.45) is 42.3. The number of hydrogen-bond donors (Lipinski definition) is 6. The molecule has 11 nitrogen and oxygen atoms in total. The minimum Gasteiger partial charge on any atom is -0.466 e. The van der Waals surface area contributed by atoms with Gasteiger partial charge in [0.2, 0.25) is 5.91 Å². The van der Waals surface area contributed by atoms with Gasteiger partial charge in [0.15, 0.2) is 6.29 Å². The van der Waals surface area contributed by atoms with Crippen LogP contribution in [-0.4, -0.2) is 100 Å². The molecule has 0 aromatic heterocycles. The first kappa shape index (κ1) is 60.9. The molecule has 0 saturated carbocycles. The number of rotatable bonds is 45. The molecule has 1 amide bonds. The highest BCUT2D eigenvalue weighted by Gasteiger charge is 2.44. The monoisotopic (exact) mass is 922 g/mol. The molecule has 1 heterocycles. The van der Waals surface area contributed by atoms with Gasteiger partial charge in [0, 0.05) is 12.8 Å². The largest absolute Gasteiger partial charge is 0.466 e. The molecule has 0 aliphatic carbocycles. The number of aliphatic hydroxyl groups is 5. The summed E-state index contributed by atoms with van der Waals surface area (Å²) in [5, 5.41) is 54.1. The Morgan fingerprint density at radius 2 is 0.985 bits per heavy atom. The van der Waals surface area contributed by atoms with Gasteiger partial charge in [-0.05, 0) is 83.5 Å². The molecule has 7 atom stereocenters. The molecule has 380 valence electrons. The molecule has 1 aliphatic rings. The van der Waals surface area contributed by atoms with Crippen molar-refractivity contribution in [1.29, 1.82) is 0 Å². The Kier molecular flexibility index (Phi) is 41.6. The number of nitrogens with one attached hydrogen (secondary N) is 1. The maximum atomic E-state index is 12.9. The van der Waals surface area contributed by atoms with Crippen molar-refractivity contribution in [3.05, 3.63) is 36.5 Å². The molecule has 6 N–H and O–H groups in total. The topological polar surface area (TPSA) is 175 Å². The highest BCUT2D eigenvalue weighted by Crippen LogP contribution is 2.23. The fourth-order valence-electron chi connectivity index (χ4n) is 8.13. The summed E-state index contributed by atoms with van der Waals surface area (Å²) in [6.45, 7) is 4.23. The van der Waals surface area contributed by atoms with Crippen molar-refractivity contribution in [2.24, 2.45) is 0 Å². The predicted molar refractivity (Wildman–Crippen MR) is 264 cm³/mol. The Balaban J connectivity index is 2.13. The SMILES string of the molecule is CCCCCCCC/C=C\CCCCCCCC(=O)OCCCCCCCC/C=C\CCCCCC(=O)NC(COC1OC(CO)C(O)C(O)C1O)C(O)/C=C/CCCCCCCCC. The van der Waals surface area contributed by atoms with Crippen molar-refractivity contribution < 1.29 is 49.3 Å². The van der Waals surface area contributed by atoms with Crippen molar-refractivity contribution in [3.8, 4) is 0 Å². The second kappa shape index (κ2) is 44.4. The third-order valence-corrected chi connectivity index (χ3v) is 12.5. The fourth-order valence-corrected chi connectivity index (χ4v) is 8.13. The zero-order valence-corrected chi connectivity index (χ0v) is 41.4. The van der Waals surface area contributed by atoms with Crippen LogP contribution in [0.4, 0.5) is 0 Å². The maximum Gasteiger partial charge on any atom is 0.305 e. The third kappa shape index (κ3) is 34.8. The summed E-state index contributed by atoms with van der Waals surface area (Å²) in [6, 6.07) is -0.829.